The molecule has 0 amide bonds. The summed E-state index contributed by atoms with van der Waals surface area (Å²) in [5, 5.41) is 8.90. The number of aromatic hydroxyl groups is 1. The van der Waals surface area contributed by atoms with Crippen LogP contribution in [0.4, 0.5) is 0 Å². The van der Waals surface area contributed by atoms with E-state index in [1.54, 1.807) is 12.1 Å². The Hall–Kier alpha value is -0.410. The van der Waals surface area contributed by atoms with E-state index in [1.165, 1.54) is 5.56 Å². The zero-order valence-electron chi connectivity index (χ0n) is 5.32. The summed E-state index contributed by atoms with van der Waals surface area (Å²) < 4.78 is 0. The first-order valence-electron chi connectivity index (χ1n) is 2.90. The highest BCUT2D eigenvalue weighted by atomic mass is 32.8. The van der Waals surface area contributed by atoms with E-state index in [4.69, 9.17) is 16.3 Å². The molecule has 0 aromatic heterocycles. The molecule has 0 saturated heterocycles. The third-order valence-electron chi connectivity index (χ3n) is 1.18. The number of thiol groups is 1. The minimum Gasteiger partial charge on any atom is -0.508 e. The molecule has 0 unspecified atom stereocenters. The standard InChI is InChI=1S/C7H8OS2/c8-7-3-1-6(2-4-7)5-10-9/h1-4,8,10H,5H2. The van der Waals surface area contributed by atoms with Gasteiger partial charge in [-0.05, 0) is 17.7 Å². The quantitative estimate of drug-likeness (QED) is 0.653. The Morgan fingerprint density at radius 3 is 2.40 bits per heavy atom. The SMILES string of the molecule is Oc1ccc(C[SH]=S)cc1. The van der Waals surface area contributed by atoms with Crippen LogP contribution < -0.4 is 0 Å². The zero-order chi connectivity index (χ0) is 7.40. The van der Waals surface area contributed by atoms with E-state index < -0.39 is 0 Å². The average Bonchev–Trinajstić information content (AvgIpc) is 1.95. The minimum absolute atomic E-state index is 0.310. The highest BCUT2D eigenvalue weighted by Gasteiger charge is 1.88. The van der Waals surface area contributed by atoms with Crippen LogP contribution in [0.25, 0.3) is 0 Å². The van der Waals surface area contributed by atoms with Crippen molar-refractivity contribution in [3.8, 4) is 5.75 Å². The summed E-state index contributed by atoms with van der Waals surface area (Å²) in [6, 6.07) is 7.12. The molecule has 0 fully saturated rings. The molecule has 0 heterocycles. The van der Waals surface area contributed by atoms with Crippen LogP contribution in [0.1, 0.15) is 5.56 Å². The molecule has 0 aliphatic rings. The topological polar surface area (TPSA) is 20.2 Å². The van der Waals surface area contributed by atoms with Gasteiger partial charge in [-0.25, -0.2) is 0 Å². The zero-order valence-corrected chi connectivity index (χ0v) is 7.03. The van der Waals surface area contributed by atoms with Crippen molar-refractivity contribution in [2.45, 2.75) is 5.75 Å². The van der Waals surface area contributed by atoms with E-state index >= 15 is 0 Å². The van der Waals surface area contributed by atoms with E-state index in [0.717, 1.165) is 16.1 Å². The molecule has 1 N–H and O–H groups in total. The molecule has 0 aliphatic carbocycles. The van der Waals surface area contributed by atoms with Gasteiger partial charge in [0.25, 0.3) is 0 Å². The van der Waals surface area contributed by atoms with Crippen LogP contribution in [0, 0.1) is 0 Å². The lowest BCUT2D eigenvalue weighted by Crippen LogP contribution is -1.78. The maximum atomic E-state index is 8.90. The number of phenols is 1. The van der Waals surface area contributed by atoms with Gasteiger partial charge in [-0.2, -0.15) is 0 Å². The lowest BCUT2D eigenvalue weighted by atomic mass is 10.2. The van der Waals surface area contributed by atoms with E-state index in [9.17, 15) is 0 Å². The lowest BCUT2D eigenvalue weighted by molar-refractivity contribution is 0.475. The van der Waals surface area contributed by atoms with Crippen molar-refractivity contribution in [1.29, 1.82) is 0 Å². The molecule has 0 saturated carbocycles. The molecule has 1 nitrogen and oxygen atoms in total. The molecule has 0 atom stereocenters. The van der Waals surface area contributed by atoms with Gasteiger partial charge in [0, 0.05) is 5.75 Å². The summed E-state index contributed by atoms with van der Waals surface area (Å²) in [6.45, 7) is 0. The number of hydrogen-bond donors (Lipinski definition) is 2. The average molecular weight is 172 g/mol. The van der Waals surface area contributed by atoms with E-state index in [-0.39, 0.29) is 0 Å². The van der Waals surface area contributed by atoms with Crippen LogP contribution in [-0.2, 0) is 27.3 Å². The van der Waals surface area contributed by atoms with E-state index in [2.05, 4.69) is 0 Å². The lowest BCUT2D eigenvalue weighted by Gasteiger charge is -1.94. The Bertz CT molecular complexity index is 218. The predicted molar refractivity (Wildman–Crippen MR) is 47.9 cm³/mol. The first kappa shape index (κ1) is 7.69. The van der Waals surface area contributed by atoms with E-state index in [1.807, 2.05) is 12.1 Å². The molecule has 1 aromatic carbocycles. The second kappa shape index (κ2) is 3.68. The van der Waals surface area contributed by atoms with Crippen LogP contribution in [0.5, 0.6) is 5.75 Å². The highest BCUT2D eigenvalue weighted by molar-refractivity contribution is 8.17. The summed E-state index contributed by atoms with van der Waals surface area (Å²) in [7, 11) is 0.948. The third kappa shape index (κ3) is 2.08. The van der Waals surface area contributed by atoms with Crippen molar-refractivity contribution >= 4 is 21.5 Å². The fourth-order valence-corrected chi connectivity index (χ4v) is 1.48. The molecule has 0 bridgehead atoms. The van der Waals surface area contributed by atoms with Crippen molar-refractivity contribution in [2.24, 2.45) is 0 Å². The Balaban J connectivity index is 2.78. The summed E-state index contributed by atoms with van der Waals surface area (Å²) >= 11 is 4.78. The Morgan fingerprint density at radius 2 is 1.90 bits per heavy atom. The molecule has 1 aromatic rings. The van der Waals surface area contributed by atoms with Gasteiger partial charge < -0.3 is 5.11 Å². The summed E-state index contributed by atoms with van der Waals surface area (Å²) in [5.41, 5.74) is 1.18. The fraction of sp³-hybridized carbons (Fsp3) is 0.143. The van der Waals surface area contributed by atoms with Crippen LogP contribution in [-0.4, -0.2) is 5.11 Å². The van der Waals surface area contributed by atoms with Gasteiger partial charge in [0.1, 0.15) is 5.75 Å². The van der Waals surface area contributed by atoms with Gasteiger partial charge >= 0.3 is 0 Å². The Kier molecular flexibility index (Phi) is 2.83. The molecule has 10 heavy (non-hydrogen) atoms. The Labute approximate surface area is 68.3 Å². The second-order valence-electron chi connectivity index (χ2n) is 1.95. The van der Waals surface area contributed by atoms with E-state index in [0.29, 0.717) is 5.75 Å². The van der Waals surface area contributed by atoms with Crippen molar-refractivity contribution in [3.05, 3.63) is 29.8 Å². The number of phenolic OH excluding ortho intramolecular Hbond substituents is 1. The van der Waals surface area contributed by atoms with Crippen LogP contribution >= 0.6 is 0 Å². The molecule has 3 heteroatoms. The van der Waals surface area contributed by atoms with Crippen molar-refractivity contribution in [3.63, 3.8) is 0 Å². The first-order chi connectivity index (χ1) is 4.83. The summed E-state index contributed by atoms with van der Waals surface area (Å²) in [6.07, 6.45) is 0. The normalized spacial score (nSPS) is 9.60. The predicted octanol–water partition coefficient (Wildman–Crippen LogP) is 1.17. The third-order valence-corrected chi connectivity index (χ3v) is 2.07. The van der Waals surface area contributed by atoms with Gasteiger partial charge in [0.05, 0.1) is 0 Å². The van der Waals surface area contributed by atoms with Gasteiger partial charge in [0.2, 0.25) is 0 Å². The number of rotatable bonds is 2. The van der Waals surface area contributed by atoms with Crippen molar-refractivity contribution in [2.75, 3.05) is 0 Å². The van der Waals surface area contributed by atoms with Gasteiger partial charge in [-0.1, -0.05) is 23.3 Å². The monoisotopic (exact) mass is 172 g/mol. The van der Waals surface area contributed by atoms with Gasteiger partial charge in [-0.15, -0.1) is 10.3 Å². The van der Waals surface area contributed by atoms with Crippen LogP contribution in [0.2, 0.25) is 0 Å². The molecule has 54 valence electrons. The molecule has 0 radical (unpaired) electrons. The maximum absolute atomic E-state index is 8.90. The smallest absolute Gasteiger partial charge is 0.115 e. The largest absolute Gasteiger partial charge is 0.508 e. The number of benzene rings is 1. The van der Waals surface area contributed by atoms with Crippen molar-refractivity contribution < 1.29 is 5.11 Å². The molecular formula is C7H8OS2. The van der Waals surface area contributed by atoms with Crippen molar-refractivity contribution in [1.82, 2.24) is 0 Å². The molecule has 1 rings (SSSR count). The molecular weight excluding hydrogens is 164 g/mol. The minimum atomic E-state index is 0.310. The molecule has 0 aliphatic heterocycles. The summed E-state index contributed by atoms with van der Waals surface area (Å²) in [5.74, 6) is 1.19. The van der Waals surface area contributed by atoms with Gasteiger partial charge in [-0.3, -0.25) is 0 Å². The highest BCUT2D eigenvalue weighted by Crippen LogP contribution is 2.09. The Morgan fingerprint density at radius 1 is 1.30 bits per heavy atom. The van der Waals surface area contributed by atoms with Crippen LogP contribution in [0.3, 0.4) is 0 Å². The maximum Gasteiger partial charge on any atom is 0.115 e. The number of hydrogen-bond acceptors (Lipinski definition) is 2. The second-order valence-corrected chi connectivity index (χ2v) is 3.30. The fourth-order valence-electron chi connectivity index (χ4n) is 0.676. The van der Waals surface area contributed by atoms with Gasteiger partial charge in [0.15, 0.2) is 0 Å². The van der Waals surface area contributed by atoms with Crippen LogP contribution in [0.15, 0.2) is 24.3 Å². The molecule has 0 spiro atoms. The first-order valence-corrected chi connectivity index (χ1v) is 4.99. The summed E-state index contributed by atoms with van der Waals surface area (Å²) in [4.78, 5) is 0.